The maximum atomic E-state index is 11.5. The van der Waals surface area contributed by atoms with E-state index in [1.807, 2.05) is 16.8 Å². The highest BCUT2D eigenvalue weighted by atomic mass is 32.2. The molecule has 1 fully saturated rings. The number of amides is 1. The molecule has 0 radical (unpaired) electrons. The molecular formula is C10H10N4OS. The zero-order valence-corrected chi connectivity index (χ0v) is 9.28. The van der Waals surface area contributed by atoms with Crippen LogP contribution in [0.3, 0.4) is 0 Å². The van der Waals surface area contributed by atoms with Gasteiger partial charge in [-0.2, -0.15) is 0 Å². The average Bonchev–Trinajstić information content (AvgIpc) is 2.89. The summed E-state index contributed by atoms with van der Waals surface area (Å²) >= 11 is 1.49. The Labute approximate surface area is 96.3 Å². The molecule has 0 aromatic carbocycles. The highest BCUT2D eigenvalue weighted by molar-refractivity contribution is 8.00. The molecular weight excluding hydrogens is 224 g/mol. The lowest BCUT2D eigenvalue weighted by Gasteiger charge is -2.06. The van der Waals surface area contributed by atoms with Crippen molar-refractivity contribution < 1.29 is 4.79 Å². The van der Waals surface area contributed by atoms with Crippen LogP contribution in [0.4, 0.5) is 0 Å². The zero-order valence-electron chi connectivity index (χ0n) is 8.46. The molecule has 1 atom stereocenters. The third-order valence-electron chi connectivity index (χ3n) is 2.53. The molecule has 1 N–H and O–H groups in total. The smallest absolute Gasteiger partial charge is 0.233 e. The molecule has 0 unspecified atom stereocenters. The van der Waals surface area contributed by atoms with E-state index in [9.17, 15) is 4.79 Å². The van der Waals surface area contributed by atoms with E-state index in [-0.39, 0.29) is 11.2 Å². The van der Waals surface area contributed by atoms with Gasteiger partial charge in [0, 0.05) is 31.3 Å². The highest BCUT2D eigenvalue weighted by Crippen LogP contribution is 2.28. The number of carbonyl (C=O) groups excluding carboxylic acids is 1. The van der Waals surface area contributed by atoms with Crippen molar-refractivity contribution in [1.29, 1.82) is 0 Å². The lowest BCUT2D eigenvalue weighted by molar-refractivity contribution is -0.118. The van der Waals surface area contributed by atoms with Gasteiger partial charge in [0.1, 0.15) is 5.03 Å². The van der Waals surface area contributed by atoms with Crippen molar-refractivity contribution in [2.45, 2.75) is 16.7 Å². The summed E-state index contributed by atoms with van der Waals surface area (Å²) in [7, 11) is 0. The number of carbonyl (C=O) groups is 1. The summed E-state index contributed by atoms with van der Waals surface area (Å²) < 4.78 is 1.90. The van der Waals surface area contributed by atoms with Crippen molar-refractivity contribution in [1.82, 2.24) is 19.7 Å². The van der Waals surface area contributed by atoms with Gasteiger partial charge < -0.3 is 9.72 Å². The number of nitrogens with one attached hydrogen (secondary N) is 1. The largest absolute Gasteiger partial charge is 0.355 e. The van der Waals surface area contributed by atoms with Crippen LogP contribution >= 0.6 is 11.8 Å². The summed E-state index contributed by atoms with van der Waals surface area (Å²) in [5, 5.41) is 3.60. The minimum absolute atomic E-state index is 0.0320. The first-order chi connectivity index (χ1) is 7.84. The van der Waals surface area contributed by atoms with E-state index in [2.05, 4.69) is 15.3 Å². The van der Waals surface area contributed by atoms with E-state index in [4.69, 9.17) is 0 Å². The number of thioether (sulfide) groups is 1. The summed E-state index contributed by atoms with van der Waals surface area (Å²) in [6, 6.07) is 0. The molecule has 1 aliphatic heterocycles. The van der Waals surface area contributed by atoms with Gasteiger partial charge in [0.05, 0.1) is 5.25 Å². The predicted octanol–water partition coefficient (Wildman–Crippen LogP) is 0.710. The third-order valence-corrected chi connectivity index (χ3v) is 3.78. The lowest BCUT2D eigenvalue weighted by Crippen LogP contribution is -2.20. The summed E-state index contributed by atoms with van der Waals surface area (Å²) in [5.41, 5.74) is 0.812. The van der Waals surface area contributed by atoms with Crippen LogP contribution in [-0.4, -0.2) is 32.1 Å². The van der Waals surface area contributed by atoms with Crippen LogP contribution in [-0.2, 0) is 4.79 Å². The van der Waals surface area contributed by atoms with Gasteiger partial charge in [-0.05, 0) is 6.42 Å². The van der Waals surface area contributed by atoms with Crippen molar-refractivity contribution in [3.05, 3.63) is 24.8 Å². The van der Waals surface area contributed by atoms with Gasteiger partial charge in [-0.15, -0.1) is 0 Å². The maximum Gasteiger partial charge on any atom is 0.233 e. The Kier molecular flexibility index (Phi) is 2.28. The number of rotatable bonds is 2. The molecule has 2 aromatic heterocycles. The number of imidazole rings is 1. The first-order valence-electron chi connectivity index (χ1n) is 5.06. The van der Waals surface area contributed by atoms with Gasteiger partial charge in [-0.3, -0.25) is 4.79 Å². The lowest BCUT2D eigenvalue weighted by atomic mass is 10.4. The molecule has 3 heterocycles. The molecule has 3 rings (SSSR count). The number of aromatic nitrogens is 3. The fourth-order valence-electron chi connectivity index (χ4n) is 1.73. The fourth-order valence-corrected chi connectivity index (χ4v) is 2.81. The monoisotopic (exact) mass is 234 g/mol. The topological polar surface area (TPSA) is 59.3 Å². The van der Waals surface area contributed by atoms with E-state index >= 15 is 0 Å². The minimum atomic E-state index is -0.0320. The van der Waals surface area contributed by atoms with Crippen molar-refractivity contribution in [2.75, 3.05) is 6.54 Å². The molecule has 5 nitrogen and oxygen atoms in total. The molecule has 0 bridgehead atoms. The first kappa shape index (κ1) is 9.65. The van der Waals surface area contributed by atoms with E-state index in [1.165, 1.54) is 11.8 Å². The minimum Gasteiger partial charge on any atom is -0.355 e. The van der Waals surface area contributed by atoms with Gasteiger partial charge in [-0.25, -0.2) is 9.97 Å². The molecule has 1 saturated heterocycles. The van der Waals surface area contributed by atoms with E-state index in [0.29, 0.717) is 0 Å². The Balaban J connectivity index is 1.94. The van der Waals surface area contributed by atoms with Crippen molar-refractivity contribution >= 4 is 23.3 Å². The van der Waals surface area contributed by atoms with Crippen molar-refractivity contribution in [3.63, 3.8) is 0 Å². The molecule has 2 aromatic rings. The number of hydrogen-bond acceptors (Lipinski definition) is 4. The summed E-state index contributed by atoms with van der Waals surface area (Å²) in [5.74, 6) is 0.0976. The van der Waals surface area contributed by atoms with E-state index in [1.54, 1.807) is 12.4 Å². The fraction of sp³-hybridized carbons (Fsp3) is 0.300. The second-order valence-electron chi connectivity index (χ2n) is 3.58. The third kappa shape index (κ3) is 1.55. The van der Waals surface area contributed by atoms with Crippen molar-refractivity contribution in [3.8, 4) is 0 Å². The second kappa shape index (κ2) is 3.79. The normalized spacial score (nSPS) is 20.2. The molecule has 82 valence electrons. The summed E-state index contributed by atoms with van der Waals surface area (Å²) in [6.45, 7) is 0.758. The van der Waals surface area contributed by atoms with Crippen LogP contribution in [0.15, 0.2) is 29.8 Å². The second-order valence-corrected chi connectivity index (χ2v) is 4.77. The Morgan fingerprint density at radius 3 is 2.94 bits per heavy atom. The molecule has 1 aliphatic rings. The zero-order chi connectivity index (χ0) is 11.0. The van der Waals surface area contributed by atoms with E-state index in [0.717, 1.165) is 23.6 Å². The van der Waals surface area contributed by atoms with Gasteiger partial charge in [-0.1, -0.05) is 11.8 Å². The Bertz CT molecular complexity index is 538. The van der Waals surface area contributed by atoms with Crippen LogP contribution in [0.1, 0.15) is 6.42 Å². The number of fused-ring (bicyclic) bond motifs is 1. The quantitative estimate of drug-likeness (QED) is 0.831. The van der Waals surface area contributed by atoms with Crippen molar-refractivity contribution in [2.24, 2.45) is 0 Å². The van der Waals surface area contributed by atoms with Crippen LogP contribution < -0.4 is 5.32 Å². The SMILES string of the molecule is O=C1NCC[C@H]1Sc1nccn2ccnc12. The highest BCUT2D eigenvalue weighted by Gasteiger charge is 2.26. The molecule has 0 spiro atoms. The van der Waals surface area contributed by atoms with Crippen LogP contribution in [0.25, 0.3) is 5.65 Å². The standard InChI is InChI=1S/C10H10N4OS/c15-9-7(1-2-12-9)16-10-8-11-3-5-14(8)6-4-13-10/h3-7H,1-2H2,(H,12,15)/t7-/m1/s1. The molecule has 0 aliphatic carbocycles. The molecule has 6 heteroatoms. The number of nitrogens with zero attached hydrogens (tertiary/aromatic N) is 3. The molecule has 1 amide bonds. The number of hydrogen-bond donors (Lipinski definition) is 1. The van der Waals surface area contributed by atoms with Crippen LogP contribution in [0.5, 0.6) is 0 Å². The average molecular weight is 234 g/mol. The first-order valence-corrected chi connectivity index (χ1v) is 5.94. The Morgan fingerprint density at radius 1 is 1.38 bits per heavy atom. The van der Waals surface area contributed by atoms with Gasteiger partial charge in [0.15, 0.2) is 5.65 Å². The Morgan fingerprint density at radius 2 is 2.19 bits per heavy atom. The summed E-state index contributed by atoms with van der Waals surface area (Å²) in [6.07, 6.45) is 8.03. The van der Waals surface area contributed by atoms with Crippen LogP contribution in [0.2, 0.25) is 0 Å². The van der Waals surface area contributed by atoms with Gasteiger partial charge >= 0.3 is 0 Å². The van der Waals surface area contributed by atoms with Gasteiger partial charge in [0.25, 0.3) is 0 Å². The maximum absolute atomic E-state index is 11.5. The molecule has 16 heavy (non-hydrogen) atoms. The summed E-state index contributed by atoms with van der Waals surface area (Å²) in [4.78, 5) is 20.0. The van der Waals surface area contributed by atoms with E-state index < -0.39 is 0 Å². The Hall–Kier alpha value is -1.56. The van der Waals surface area contributed by atoms with Gasteiger partial charge in [0.2, 0.25) is 5.91 Å². The predicted molar refractivity (Wildman–Crippen MR) is 60.3 cm³/mol. The molecule has 0 saturated carbocycles. The van der Waals surface area contributed by atoms with Crippen LogP contribution in [0, 0.1) is 0 Å².